The molecule has 0 spiro atoms. The van der Waals surface area contributed by atoms with E-state index in [0.29, 0.717) is 32.6 Å². The number of hydrogen-bond donors (Lipinski definition) is 4. The van der Waals surface area contributed by atoms with Crippen LogP contribution in [-0.2, 0) is 20.7 Å². The third-order valence-corrected chi connectivity index (χ3v) is 6.52. The van der Waals surface area contributed by atoms with Gasteiger partial charge in [-0.05, 0) is 38.7 Å². The zero-order chi connectivity index (χ0) is 32.1. The molecule has 1 atom stereocenters. The Balaban J connectivity index is 0.000000308. The summed E-state index contributed by atoms with van der Waals surface area (Å²) in [5, 5.41) is 53.1. The highest BCUT2D eigenvalue weighted by Crippen LogP contribution is 2.36. The van der Waals surface area contributed by atoms with Crippen LogP contribution in [0.3, 0.4) is 0 Å². The topological polar surface area (TPSA) is 181 Å². The Morgan fingerprint density at radius 1 is 0.814 bits per heavy atom. The number of fused-ring (bicyclic) bond motifs is 2. The first-order chi connectivity index (χ1) is 20.1. The van der Waals surface area contributed by atoms with Crippen molar-refractivity contribution in [2.24, 2.45) is 0 Å². The quantitative estimate of drug-likeness (QED) is 0.165. The first-order valence-electron chi connectivity index (χ1n) is 13.2. The number of carbonyl (C=O) groups is 4. The second-order valence-electron chi connectivity index (χ2n) is 11.0. The molecule has 0 unspecified atom stereocenters. The Labute approximate surface area is 247 Å². The van der Waals surface area contributed by atoms with Crippen LogP contribution in [0, 0.1) is 0 Å². The van der Waals surface area contributed by atoms with Crippen molar-refractivity contribution in [2.75, 3.05) is 27.7 Å². The van der Waals surface area contributed by atoms with E-state index in [-0.39, 0.29) is 29.5 Å². The van der Waals surface area contributed by atoms with Crippen LogP contribution in [0.5, 0.6) is 11.5 Å². The molecule has 0 aliphatic rings. The molecule has 4 rings (SSSR count). The summed E-state index contributed by atoms with van der Waals surface area (Å²) in [7, 11) is 5.75. The van der Waals surface area contributed by atoms with Gasteiger partial charge in [-0.2, -0.15) is 0 Å². The van der Waals surface area contributed by atoms with Crippen molar-refractivity contribution in [3.63, 3.8) is 0 Å². The van der Waals surface area contributed by atoms with E-state index in [1.165, 1.54) is 19.1 Å². The normalized spacial score (nSPS) is 11.8. The largest absolute Gasteiger partial charge is 0.872 e. The van der Waals surface area contributed by atoms with Gasteiger partial charge in [0.25, 0.3) is 0 Å². The maximum atomic E-state index is 12.5. The number of quaternary nitrogens is 1. The maximum absolute atomic E-state index is 12.5. The minimum absolute atomic E-state index is 0.130. The molecule has 11 nitrogen and oxygen atoms in total. The number of nitrogens with zero attached hydrogens (tertiary/aromatic N) is 1. The minimum Gasteiger partial charge on any atom is -0.872 e. The third kappa shape index (κ3) is 8.20. The number of aliphatic carboxylic acids is 1. The molecule has 0 fully saturated rings. The Bertz CT molecular complexity index is 1590. The van der Waals surface area contributed by atoms with Crippen molar-refractivity contribution in [3.05, 3.63) is 82.9 Å². The van der Waals surface area contributed by atoms with E-state index < -0.39 is 47.0 Å². The molecule has 0 bridgehead atoms. The molecular formula is C32H33NO10. The Morgan fingerprint density at radius 3 is 1.77 bits per heavy atom. The molecule has 4 N–H and O–H groups in total. The van der Waals surface area contributed by atoms with Gasteiger partial charge in [0.05, 0.1) is 33.1 Å². The molecule has 0 radical (unpaired) electrons. The van der Waals surface area contributed by atoms with Crippen LogP contribution in [0.1, 0.15) is 45.2 Å². The fraction of sp³-hybridized carbons (Fsp3) is 0.250. The lowest BCUT2D eigenvalue weighted by atomic mass is 9.88. The van der Waals surface area contributed by atoms with Crippen LogP contribution < -0.4 is 5.11 Å². The summed E-state index contributed by atoms with van der Waals surface area (Å²) in [5.41, 5.74) is -0.224. The van der Waals surface area contributed by atoms with Crippen molar-refractivity contribution in [3.8, 4) is 11.5 Å². The van der Waals surface area contributed by atoms with Crippen LogP contribution in [0.25, 0.3) is 21.5 Å². The molecule has 4 aromatic carbocycles. The summed E-state index contributed by atoms with van der Waals surface area (Å²) in [4.78, 5) is 44.9. The highest BCUT2D eigenvalue weighted by molar-refractivity contribution is 6.04. The van der Waals surface area contributed by atoms with E-state index in [4.69, 9.17) is 9.84 Å². The van der Waals surface area contributed by atoms with Gasteiger partial charge in [0.1, 0.15) is 17.9 Å². The number of carbonyl (C=O) groups excluding carboxylic acids is 1. The molecule has 0 saturated heterocycles. The van der Waals surface area contributed by atoms with Gasteiger partial charge in [0.2, 0.25) is 0 Å². The molecule has 0 aliphatic heterocycles. The molecule has 43 heavy (non-hydrogen) atoms. The Morgan fingerprint density at radius 2 is 1.30 bits per heavy atom. The Kier molecular flexibility index (Phi) is 9.94. The van der Waals surface area contributed by atoms with Crippen LogP contribution in [-0.4, -0.2) is 82.6 Å². The number of aromatic hydroxyl groups is 1. The van der Waals surface area contributed by atoms with Gasteiger partial charge in [-0.1, -0.05) is 60.3 Å². The van der Waals surface area contributed by atoms with Gasteiger partial charge in [-0.15, -0.1) is 0 Å². The minimum atomic E-state index is -1.38. The summed E-state index contributed by atoms with van der Waals surface area (Å²) >= 11 is 0. The fourth-order valence-electron chi connectivity index (χ4n) is 5.00. The van der Waals surface area contributed by atoms with Crippen molar-refractivity contribution in [1.29, 1.82) is 0 Å². The number of benzene rings is 4. The van der Waals surface area contributed by atoms with Crippen molar-refractivity contribution in [1.82, 2.24) is 0 Å². The zero-order valence-electron chi connectivity index (χ0n) is 24.2. The molecule has 0 saturated carbocycles. The SMILES string of the molecule is CC(=O)O[C@H](CC(=O)O)C[N+](C)(C)C.O=C(O)c1c([O-])cc2ccccc2c1Cc1c(C(=O)O)c(O)cc2ccccc12. The molecule has 4 aromatic rings. The van der Waals surface area contributed by atoms with E-state index in [1.54, 1.807) is 48.5 Å². The lowest BCUT2D eigenvalue weighted by Crippen LogP contribution is -2.43. The molecule has 0 aromatic heterocycles. The number of carboxylic acid groups (broad SMARTS) is 3. The summed E-state index contributed by atoms with van der Waals surface area (Å²) in [6, 6.07) is 16.4. The predicted molar refractivity (Wildman–Crippen MR) is 156 cm³/mol. The average molecular weight is 592 g/mol. The van der Waals surface area contributed by atoms with Gasteiger partial charge in [0, 0.05) is 13.3 Å². The van der Waals surface area contributed by atoms with Crippen LogP contribution in [0.4, 0.5) is 0 Å². The average Bonchev–Trinajstić information content (AvgIpc) is 2.86. The smallest absolute Gasteiger partial charge is 0.339 e. The molecule has 0 aliphatic carbocycles. The predicted octanol–water partition coefficient (Wildman–Crippen LogP) is 3.86. The second-order valence-corrected chi connectivity index (χ2v) is 11.0. The van der Waals surface area contributed by atoms with Gasteiger partial charge < -0.3 is 34.8 Å². The van der Waals surface area contributed by atoms with E-state index in [1.807, 2.05) is 21.1 Å². The highest BCUT2D eigenvalue weighted by Gasteiger charge is 2.24. The number of rotatable bonds is 9. The first kappa shape index (κ1) is 32.4. The van der Waals surface area contributed by atoms with Gasteiger partial charge in [0.15, 0.2) is 6.10 Å². The van der Waals surface area contributed by atoms with Crippen LogP contribution in [0.15, 0.2) is 60.7 Å². The van der Waals surface area contributed by atoms with E-state index in [9.17, 15) is 39.6 Å². The number of aromatic carboxylic acids is 2. The number of phenols is 1. The molecule has 0 heterocycles. The van der Waals surface area contributed by atoms with E-state index >= 15 is 0 Å². The summed E-state index contributed by atoms with van der Waals surface area (Å²) < 4.78 is 5.46. The lowest BCUT2D eigenvalue weighted by Gasteiger charge is -2.28. The van der Waals surface area contributed by atoms with Crippen molar-refractivity contribution >= 4 is 45.4 Å². The lowest BCUT2D eigenvalue weighted by molar-refractivity contribution is -0.873. The summed E-state index contributed by atoms with van der Waals surface area (Å²) in [6.07, 6.45) is -0.825. The molecule has 0 amide bonds. The zero-order valence-corrected chi connectivity index (χ0v) is 24.2. The summed E-state index contributed by atoms with van der Waals surface area (Å²) in [6.45, 7) is 1.77. The van der Waals surface area contributed by atoms with E-state index in [0.717, 1.165) is 0 Å². The first-order valence-corrected chi connectivity index (χ1v) is 13.2. The van der Waals surface area contributed by atoms with Crippen molar-refractivity contribution < 1.29 is 53.9 Å². The van der Waals surface area contributed by atoms with Crippen LogP contribution >= 0.6 is 0 Å². The highest BCUT2D eigenvalue weighted by atomic mass is 16.5. The number of esters is 1. The third-order valence-electron chi connectivity index (χ3n) is 6.52. The maximum Gasteiger partial charge on any atom is 0.339 e. The number of likely N-dealkylation sites (N-methyl/N-ethyl adjacent to an activating group) is 1. The monoisotopic (exact) mass is 591 g/mol. The second kappa shape index (κ2) is 13.2. The van der Waals surface area contributed by atoms with Gasteiger partial charge in [-0.25, -0.2) is 9.59 Å². The number of hydrogen-bond acceptors (Lipinski definition) is 7. The number of carboxylic acids is 3. The van der Waals surface area contributed by atoms with Gasteiger partial charge in [-0.3, -0.25) is 9.59 Å². The molecule has 226 valence electrons. The fourth-order valence-corrected chi connectivity index (χ4v) is 5.00. The number of ether oxygens (including phenoxy) is 1. The van der Waals surface area contributed by atoms with Gasteiger partial charge >= 0.3 is 23.9 Å². The standard InChI is InChI=1S/C23H16O6.C9H17NO4/c24-18-9-12-5-1-3-7-14(12)16(20(18)22(26)27)11-17-15-8-4-2-6-13(15)10-19(25)21(17)23(28)29;1-7(11)14-8(5-9(12)13)6-10(2,3)4/h1-10,24-25H,11H2,(H,26,27)(H,28,29);8H,5-6H2,1-4H3/t;8-/m.1/s1. The summed E-state index contributed by atoms with van der Waals surface area (Å²) in [5.74, 6) is -5.16. The van der Waals surface area contributed by atoms with Crippen molar-refractivity contribution in [2.45, 2.75) is 25.9 Å². The Hall–Kier alpha value is -5.16. The van der Waals surface area contributed by atoms with Crippen LogP contribution in [0.2, 0.25) is 0 Å². The molecular weight excluding hydrogens is 558 g/mol. The molecule has 11 heteroatoms. The van der Waals surface area contributed by atoms with E-state index in [2.05, 4.69) is 0 Å².